The summed E-state index contributed by atoms with van der Waals surface area (Å²) in [5.74, 6) is 1.14. The summed E-state index contributed by atoms with van der Waals surface area (Å²) in [6.07, 6.45) is 1.52. The number of rotatable bonds is 7. The number of anilines is 1. The molecule has 0 saturated heterocycles. The molecule has 9 heteroatoms. The van der Waals surface area contributed by atoms with Crippen LogP contribution in [0.5, 0.6) is 5.75 Å². The Labute approximate surface area is 194 Å². The molecule has 1 N–H and O–H groups in total. The SMILES string of the molecule is Cc1ccc(OCc2ccc(C(=O)Nc3ncn(Cc4ccc(Cl)c(Cl)c4)n3)o2)cc1C. The number of furan rings is 1. The molecule has 4 rings (SSSR count). The Bertz CT molecular complexity index is 1270. The first-order valence-electron chi connectivity index (χ1n) is 9.81. The summed E-state index contributed by atoms with van der Waals surface area (Å²) >= 11 is 12.0. The smallest absolute Gasteiger partial charge is 0.293 e. The lowest BCUT2D eigenvalue weighted by Gasteiger charge is -2.06. The van der Waals surface area contributed by atoms with Gasteiger partial charge in [-0.1, -0.05) is 35.3 Å². The Balaban J connectivity index is 1.33. The van der Waals surface area contributed by atoms with Crippen LogP contribution in [0, 0.1) is 13.8 Å². The van der Waals surface area contributed by atoms with Crippen molar-refractivity contribution in [3.63, 3.8) is 0 Å². The molecule has 4 aromatic rings. The minimum Gasteiger partial charge on any atom is -0.486 e. The van der Waals surface area contributed by atoms with Gasteiger partial charge in [0.15, 0.2) is 5.76 Å². The molecule has 7 nitrogen and oxygen atoms in total. The Kier molecular flexibility index (Phi) is 6.48. The van der Waals surface area contributed by atoms with E-state index in [-0.39, 0.29) is 18.3 Å². The Morgan fingerprint density at radius 3 is 2.69 bits per heavy atom. The standard InChI is InChI=1S/C23H20Cl2N4O3/c1-14-3-5-17(9-15(14)2)31-12-18-6-8-21(32-18)22(30)27-23-26-13-29(28-23)11-16-4-7-19(24)20(25)10-16/h3-10,13H,11-12H2,1-2H3,(H,27,28,30). The molecule has 0 aliphatic carbocycles. The van der Waals surface area contributed by atoms with Gasteiger partial charge in [-0.25, -0.2) is 9.67 Å². The number of amides is 1. The Morgan fingerprint density at radius 2 is 1.91 bits per heavy atom. The van der Waals surface area contributed by atoms with Gasteiger partial charge in [0.05, 0.1) is 16.6 Å². The third-order valence-electron chi connectivity index (χ3n) is 4.84. The Hall–Kier alpha value is -3.29. The van der Waals surface area contributed by atoms with E-state index in [0.29, 0.717) is 22.4 Å². The van der Waals surface area contributed by atoms with Crippen LogP contribution in [0.15, 0.2) is 59.3 Å². The van der Waals surface area contributed by atoms with Crippen LogP contribution in [0.3, 0.4) is 0 Å². The lowest BCUT2D eigenvalue weighted by atomic mass is 10.1. The number of ether oxygens (including phenoxy) is 1. The highest BCUT2D eigenvalue weighted by Crippen LogP contribution is 2.23. The molecule has 2 heterocycles. The first-order chi connectivity index (χ1) is 15.4. The fraction of sp³-hybridized carbons (Fsp3) is 0.174. The second-order valence-corrected chi connectivity index (χ2v) is 8.08. The van der Waals surface area contributed by atoms with Crippen LogP contribution in [-0.2, 0) is 13.2 Å². The van der Waals surface area contributed by atoms with E-state index < -0.39 is 5.91 Å². The number of aromatic nitrogens is 3. The molecule has 0 atom stereocenters. The van der Waals surface area contributed by atoms with E-state index in [2.05, 4.69) is 15.4 Å². The molecular weight excluding hydrogens is 451 g/mol. The van der Waals surface area contributed by atoms with Crippen molar-refractivity contribution < 1.29 is 13.9 Å². The first-order valence-corrected chi connectivity index (χ1v) is 10.6. The van der Waals surface area contributed by atoms with Crippen molar-refractivity contribution in [3.8, 4) is 5.75 Å². The molecule has 0 spiro atoms. The number of carbonyl (C=O) groups is 1. The molecule has 0 unspecified atom stereocenters. The molecular formula is C23H20Cl2N4O3. The summed E-state index contributed by atoms with van der Waals surface area (Å²) in [5, 5.41) is 7.83. The molecule has 1 amide bonds. The third-order valence-corrected chi connectivity index (χ3v) is 5.57. The second kappa shape index (κ2) is 9.46. The van der Waals surface area contributed by atoms with Gasteiger partial charge in [0.25, 0.3) is 5.91 Å². The van der Waals surface area contributed by atoms with E-state index in [1.165, 1.54) is 11.9 Å². The number of hydrogen-bond donors (Lipinski definition) is 1. The van der Waals surface area contributed by atoms with Crippen molar-refractivity contribution in [1.82, 2.24) is 14.8 Å². The van der Waals surface area contributed by atoms with Gasteiger partial charge < -0.3 is 9.15 Å². The zero-order chi connectivity index (χ0) is 22.7. The predicted molar refractivity (Wildman–Crippen MR) is 122 cm³/mol. The highest BCUT2D eigenvalue weighted by molar-refractivity contribution is 6.42. The normalized spacial score (nSPS) is 10.9. The molecule has 0 aliphatic rings. The molecule has 0 fully saturated rings. The van der Waals surface area contributed by atoms with Gasteiger partial charge in [-0.05, 0) is 66.9 Å². The number of hydrogen-bond acceptors (Lipinski definition) is 5. The third kappa shape index (κ3) is 5.30. The number of halogens is 2. The maximum absolute atomic E-state index is 12.5. The van der Waals surface area contributed by atoms with Gasteiger partial charge in [0, 0.05) is 0 Å². The fourth-order valence-electron chi connectivity index (χ4n) is 2.95. The molecule has 32 heavy (non-hydrogen) atoms. The van der Waals surface area contributed by atoms with Crippen LogP contribution in [-0.4, -0.2) is 20.7 Å². The van der Waals surface area contributed by atoms with Gasteiger partial charge in [-0.3, -0.25) is 10.1 Å². The van der Waals surface area contributed by atoms with Gasteiger partial charge >= 0.3 is 0 Å². The minimum atomic E-state index is -0.449. The topological polar surface area (TPSA) is 82.2 Å². The maximum atomic E-state index is 12.5. The van der Waals surface area contributed by atoms with E-state index in [1.807, 2.05) is 38.1 Å². The maximum Gasteiger partial charge on any atom is 0.293 e. The summed E-state index contributed by atoms with van der Waals surface area (Å²) in [5.41, 5.74) is 3.25. The van der Waals surface area contributed by atoms with E-state index in [9.17, 15) is 4.79 Å². The zero-order valence-corrected chi connectivity index (χ0v) is 18.9. The van der Waals surface area contributed by atoms with Crippen molar-refractivity contribution in [2.45, 2.75) is 27.0 Å². The van der Waals surface area contributed by atoms with E-state index in [4.69, 9.17) is 32.4 Å². The molecule has 0 aliphatic heterocycles. The summed E-state index contributed by atoms with van der Waals surface area (Å²) in [7, 11) is 0. The van der Waals surface area contributed by atoms with Crippen molar-refractivity contribution >= 4 is 35.1 Å². The van der Waals surface area contributed by atoms with Crippen LogP contribution in [0.4, 0.5) is 5.95 Å². The summed E-state index contributed by atoms with van der Waals surface area (Å²) in [6, 6.07) is 14.5. The lowest BCUT2D eigenvalue weighted by molar-refractivity contribution is 0.0991. The van der Waals surface area contributed by atoms with Crippen LogP contribution in [0.25, 0.3) is 0 Å². The fourth-order valence-corrected chi connectivity index (χ4v) is 3.27. The number of benzene rings is 2. The minimum absolute atomic E-state index is 0.143. The molecule has 2 aromatic heterocycles. The van der Waals surface area contributed by atoms with Crippen molar-refractivity contribution in [3.05, 3.63) is 93.1 Å². The largest absolute Gasteiger partial charge is 0.486 e. The van der Waals surface area contributed by atoms with Crippen molar-refractivity contribution in [1.29, 1.82) is 0 Å². The van der Waals surface area contributed by atoms with Crippen LogP contribution < -0.4 is 10.1 Å². The van der Waals surface area contributed by atoms with E-state index in [0.717, 1.165) is 16.9 Å². The van der Waals surface area contributed by atoms with Crippen molar-refractivity contribution in [2.75, 3.05) is 5.32 Å². The van der Waals surface area contributed by atoms with E-state index >= 15 is 0 Å². The van der Waals surface area contributed by atoms with Gasteiger partial charge in [-0.2, -0.15) is 0 Å². The molecule has 0 saturated carbocycles. The molecule has 2 aromatic carbocycles. The highest BCUT2D eigenvalue weighted by atomic mass is 35.5. The van der Waals surface area contributed by atoms with E-state index in [1.54, 1.807) is 28.9 Å². The van der Waals surface area contributed by atoms with Crippen LogP contribution >= 0.6 is 23.2 Å². The molecule has 0 radical (unpaired) electrons. The molecule has 164 valence electrons. The first kappa shape index (κ1) is 21.9. The second-order valence-electron chi connectivity index (χ2n) is 7.27. The zero-order valence-electron chi connectivity index (χ0n) is 17.4. The van der Waals surface area contributed by atoms with Gasteiger partial charge in [0.1, 0.15) is 24.4 Å². The highest BCUT2D eigenvalue weighted by Gasteiger charge is 2.14. The van der Waals surface area contributed by atoms with Crippen LogP contribution in [0.2, 0.25) is 10.0 Å². The quantitative estimate of drug-likeness (QED) is 0.375. The summed E-state index contributed by atoms with van der Waals surface area (Å²) in [6.45, 7) is 4.71. The Morgan fingerprint density at radius 1 is 1.06 bits per heavy atom. The number of carbonyl (C=O) groups excluding carboxylic acids is 1. The summed E-state index contributed by atoms with van der Waals surface area (Å²) < 4.78 is 12.9. The van der Waals surface area contributed by atoms with Gasteiger partial charge in [0.2, 0.25) is 5.95 Å². The predicted octanol–water partition coefficient (Wildman–Crippen LogP) is 5.67. The van der Waals surface area contributed by atoms with Crippen molar-refractivity contribution in [2.24, 2.45) is 0 Å². The summed E-state index contributed by atoms with van der Waals surface area (Å²) in [4.78, 5) is 16.6. The lowest BCUT2D eigenvalue weighted by Crippen LogP contribution is -2.12. The average Bonchev–Trinajstić information content (AvgIpc) is 3.41. The molecule has 0 bridgehead atoms. The number of aryl methyl sites for hydroxylation is 2. The number of nitrogens with zero attached hydrogens (tertiary/aromatic N) is 3. The van der Waals surface area contributed by atoms with Gasteiger partial charge in [-0.15, -0.1) is 5.10 Å². The van der Waals surface area contributed by atoms with Crippen LogP contribution in [0.1, 0.15) is 33.0 Å². The monoisotopic (exact) mass is 470 g/mol. The average molecular weight is 471 g/mol. The number of nitrogens with one attached hydrogen (secondary N) is 1.